The molecule has 18 heavy (non-hydrogen) atoms. The Labute approximate surface area is 112 Å². The summed E-state index contributed by atoms with van der Waals surface area (Å²) in [6.45, 7) is 12.6. The first-order chi connectivity index (χ1) is 8.31. The van der Waals surface area contributed by atoms with E-state index in [0.29, 0.717) is 12.5 Å². The summed E-state index contributed by atoms with van der Waals surface area (Å²) in [6, 6.07) is 0. The molecule has 0 rings (SSSR count). The number of amides is 1. The van der Waals surface area contributed by atoms with Gasteiger partial charge in [0.05, 0.1) is 6.10 Å². The van der Waals surface area contributed by atoms with E-state index < -0.39 is 0 Å². The first-order valence-corrected chi connectivity index (χ1v) is 6.94. The highest BCUT2D eigenvalue weighted by Gasteiger charge is 2.09. The highest BCUT2D eigenvalue weighted by molar-refractivity contribution is 5.75. The zero-order valence-corrected chi connectivity index (χ0v) is 12.6. The van der Waals surface area contributed by atoms with E-state index in [1.54, 1.807) is 0 Å². The van der Waals surface area contributed by atoms with Crippen LogP contribution in [0.15, 0.2) is 0 Å². The molecule has 0 aromatic heterocycles. The van der Waals surface area contributed by atoms with Crippen molar-refractivity contribution >= 4 is 5.91 Å². The molecule has 0 fully saturated rings. The summed E-state index contributed by atoms with van der Waals surface area (Å²) in [5.74, 6) is 0.122. The van der Waals surface area contributed by atoms with Crippen molar-refractivity contribution in [3.63, 3.8) is 0 Å². The molecule has 0 aliphatic rings. The van der Waals surface area contributed by atoms with Crippen LogP contribution in [0.1, 0.15) is 53.9 Å². The minimum atomic E-state index is 0.0778. The van der Waals surface area contributed by atoms with Gasteiger partial charge in [0.1, 0.15) is 0 Å². The molecule has 0 bridgehead atoms. The summed E-state index contributed by atoms with van der Waals surface area (Å²) in [6.07, 6.45) is 2.81. The highest BCUT2D eigenvalue weighted by Crippen LogP contribution is 1.98. The monoisotopic (exact) mass is 258 g/mol. The van der Waals surface area contributed by atoms with Crippen LogP contribution >= 0.6 is 0 Å². The predicted octanol–water partition coefficient (Wildman–Crippen LogP) is 2.09. The Kier molecular flexibility index (Phi) is 9.02. The van der Waals surface area contributed by atoms with Crippen molar-refractivity contribution in [2.45, 2.75) is 65.5 Å². The molecule has 0 aromatic carbocycles. The average Bonchev–Trinajstić information content (AvgIpc) is 2.20. The van der Waals surface area contributed by atoms with E-state index in [4.69, 9.17) is 4.74 Å². The Balaban J connectivity index is 3.32. The third-order valence-electron chi connectivity index (χ3n) is 2.35. The van der Waals surface area contributed by atoms with Crippen molar-refractivity contribution in [3.8, 4) is 0 Å². The number of carbonyl (C=O) groups excluding carboxylic acids is 1. The Morgan fingerprint density at radius 2 is 1.83 bits per heavy atom. The van der Waals surface area contributed by atoms with Gasteiger partial charge in [-0.15, -0.1) is 0 Å². The molecule has 0 aromatic rings. The van der Waals surface area contributed by atoms with Crippen LogP contribution in [0.25, 0.3) is 0 Å². The van der Waals surface area contributed by atoms with E-state index in [9.17, 15) is 4.79 Å². The molecule has 1 amide bonds. The average molecular weight is 258 g/mol. The normalized spacial score (nSPS) is 11.9. The van der Waals surface area contributed by atoms with Gasteiger partial charge >= 0.3 is 0 Å². The number of ether oxygens (including phenoxy) is 1. The lowest BCUT2D eigenvalue weighted by atomic mass is 10.1. The van der Waals surface area contributed by atoms with Gasteiger partial charge in [0.2, 0.25) is 5.91 Å². The van der Waals surface area contributed by atoms with Crippen LogP contribution in [0.2, 0.25) is 0 Å². The fourth-order valence-electron chi connectivity index (χ4n) is 1.41. The Morgan fingerprint density at radius 1 is 1.17 bits per heavy atom. The van der Waals surface area contributed by atoms with Gasteiger partial charge in [-0.1, -0.05) is 0 Å². The van der Waals surface area contributed by atoms with Crippen LogP contribution in [-0.4, -0.2) is 37.2 Å². The minimum Gasteiger partial charge on any atom is -0.379 e. The molecule has 0 atom stereocenters. The van der Waals surface area contributed by atoms with Gasteiger partial charge < -0.3 is 15.4 Å². The fourth-order valence-corrected chi connectivity index (χ4v) is 1.41. The third-order valence-corrected chi connectivity index (χ3v) is 2.35. The molecule has 0 unspecified atom stereocenters. The lowest BCUT2D eigenvalue weighted by Crippen LogP contribution is -2.38. The molecule has 0 heterocycles. The maximum atomic E-state index is 11.5. The van der Waals surface area contributed by atoms with Gasteiger partial charge in [-0.05, 0) is 47.5 Å². The number of hydrogen-bond acceptors (Lipinski definition) is 3. The van der Waals surface area contributed by atoms with Crippen molar-refractivity contribution in [2.24, 2.45) is 0 Å². The lowest BCUT2D eigenvalue weighted by molar-refractivity contribution is -0.121. The van der Waals surface area contributed by atoms with Crippen molar-refractivity contribution in [3.05, 3.63) is 0 Å². The standard InChI is InChI=1S/C14H30N2O2/c1-12(2)18-11-7-6-9-15-13(17)8-10-16-14(3,4)5/h12,16H,6-11H2,1-5H3,(H,15,17). The number of unbranched alkanes of at least 4 members (excludes halogenated alkanes) is 1. The number of hydrogen-bond donors (Lipinski definition) is 2. The first-order valence-electron chi connectivity index (χ1n) is 6.94. The number of rotatable bonds is 9. The summed E-state index contributed by atoms with van der Waals surface area (Å²) >= 11 is 0. The molecule has 0 aliphatic carbocycles. The van der Waals surface area contributed by atoms with E-state index in [-0.39, 0.29) is 11.4 Å². The minimum absolute atomic E-state index is 0.0778. The Bertz CT molecular complexity index is 222. The SMILES string of the molecule is CC(C)OCCCCNC(=O)CCNC(C)(C)C. The van der Waals surface area contributed by atoms with Crippen molar-refractivity contribution < 1.29 is 9.53 Å². The van der Waals surface area contributed by atoms with E-state index in [2.05, 4.69) is 31.4 Å². The molecular weight excluding hydrogens is 228 g/mol. The van der Waals surface area contributed by atoms with Crippen molar-refractivity contribution in [1.82, 2.24) is 10.6 Å². The molecule has 0 aliphatic heterocycles. The Hall–Kier alpha value is -0.610. The van der Waals surface area contributed by atoms with Crippen molar-refractivity contribution in [2.75, 3.05) is 19.7 Å². The molecule has 0 spiro atoms. The summed E-state index contributed by atoms with van der Waals surface area (Å²) in [5, 5.41) is 6.22. The number of nitrogens with one attached hydrogen (secondary N) is 2. The largest absolute Gasteiger partial charge is 0.379 e. The smallest absolute Gasteiger partial charge is 0.221 e. The van der Waals surface area contributed by atoms with Crippen molar-refractivity contribution in [1.29, 1.82) is 0 Å². The molecule has 0 radical (unpaired) electrons. The third kappa shape index (κ3) is 13.5. The van der Waals surface area contributed by atoms with Gasteiger partial charge in [-0.3, -0.25) is 4.79 Å². The molecule has 4 nitrogen and oxygen atoms in total. The van der Waals surface area contributed by atoms with E-state index in [1.165, 1.54) is 0 Å². The number of carbonyl (C=O) groups is 1. The maximum absolute atomic E-state index is 11.5. The van der Waals surface area contributed by atoms with E-state index in [1.807, 2.05) is 13.8 Å². The summed E-state index contributed by atoms with van der Waals surface area (Å²) in [4.78, 5) is 11.5. The van der Waals surface area contributed by atoms with Crippen LogP contribution in [0.3, 0.4) is 0 Å². The summed E-state index contributed by atoms with van der Waals surface area (Å²) in [5.41, 5.74) is 0.0778. The summed E-state index contributed by atoms with van der Waals surface area (Å²) < 4.78 is 5.43. The molecule has 0 saturated heterocycles. The zero-order valence-electron chi connectivity index (χ0n) is 12.6. The highest BCUT2D eigenvalue weighted by atomic mass is 16.5. The maximum Gasteiger partial charge on any atom is 0.221 e. The quantitative estimate of drug-likeness (QED) is 0.623. The lowest BCUT2D eigenvalue weighted by Gasteiger charge is -2.20. The van der Waals surface area contributed by atoms with E-state index >= 15 is 0 Å². The zero-order chi connectivity index (χ0) is 14.0. The molecule has 2 N–H and O–H groups in total. The van der Waals surface area contributed by atoms with Gasteiger partial charge in [0.25, 0.3) is 0 Å². The molecule has 0 saturated carbocycles. The summed E-state index contributed by atoms with van der Waals surface area (Å²) in [7, 11) is 0. The molecular formula is C14H30N2O2. The van der Waals surface area contributed by atoms with Gasteiger partial charge in [0.15, 0.2) is 0 Å². The van der Waals surface area contributed by atoms with Crippen LogP contribution < -0.4 is 10.6 Å². The van der Waals surface area contributed by atoms with E-state index in [0.717, 1.165) is 32.5 Å². The van der Waals surface area contributed by atoms with Crippen LogP contribution in [0.5, 0.6) is 0 Å². The predicted molar refractivity (Wildman–Crippen MR) is 75.7 cm³/mol. The topological polar surface area (TPSA) is 50.4 Å². The second-order valence-corrected chi connectivity index (χ2v) is 5.90. The van der Waals surface area contributed by atoms with Gasteiger partial charge in [-0.2, -0.15) is 0 Å². The van der Waals surface area contributed by atoms with Crippen LogP contribution in [0.4, 0.5) is 0 Å². The second-order valence-electron chi connectivity index (χ2n) is 5.90. The van der Waals surface area contributed by atoms with Gasteiger partial charge in [0, 0.05) is 31.7 Å². The molecule has 4 heteroatoms. The first kappa shape index (κ1) is 17.4. The molecule has 108 valence electrons. The van der Waals surface area contributed by atoms with Crippen LogP contribution in [0, 0.1) is 0 Å². The Morgan fingerprint density at radius 3 is 2.39 bits per heavy atom. The second kappa shape index (κ2) is 9.34. The van der Waals surface area contributed by atoms with Crippen LogP contribution in [-0.2, 0) is 9.53 Å². The fraction of sp³-hybridized carbons (Fsp3) is 0.929. The van der Waals surface area contributed by atoms with Gasteiger partial charge in [-0.25, -0.2) is 0 Å².